The molecule has 1 fully saturated rings. The van der Waals surface area contributed by atoms with Crippen molar-refractivity contribution in [2.45, 2.75) is 31.9 Å². The summed E-state index contributed by atoms with van der Waals surface area (Å²) < 4.78 is 30.4. The lowest BCUT2D eigenvalue weighted by atomic mass is 9.87. The van der Waals surface area contributed by atoms with Crippen molar-refractivity contribution < 1.29 is 27.9 Å². The van der Waals surface area contributed by atoms with Crippen LogP contribution in [0.2, 0.25) is 0 Å². The van der Waals surface area contributed by atoms with Gasteiger partial charge in [0.25, 0.3) is 5.91 Å². The maximum absolute atomic E-state index is 14.2. The second kappa shape index (κ2) is 10.5. The number of fused-ring (bicyclic) bond motifs is 1. The van der Waals surface area contributed by atoms with Crippen LogP contribution in [-0.2, 0) is 22.6 Å². The van der Waals surface area contributed by atoms with Gasteiger partial charge in [0, 0.05) is 26.1 Å². The van der Waals surface area contributed by atoms with Crippen molar-refractivity contribution >= 4 is 11.8 Å². The summed E-state index contributed by atoms with van der Waals surface area (Å²) in [5.41, 5.74) is 2.92. The highest BCUT2D eigenvalue weighted by Crippen LogP contribution is 2.41. The highest BCUT2D eigenvalue weighted by Gasteiger charge is 2.39. The molecular formula is C27H28FN3O5. The molecule has 2 aliphatic rings. The van der Waals surface area contributed by atoms with E-state index in [9.17, 15) is 14.0 Å². The Bertz CT molecular complexity index is 1260. The maximum Gasteiger partial charge on any atom is 0.273 e. The van der Waals surface area contributed by atoms with Crippen LogP contribution in [0.15, 0.2) is 53.1 Å². The number of nitrogens with zero attached hydrogens (tertiary/aromatic N) is 2. The molecule has 1 aromatic heterocycles. The van der Waals surface area contributed by atoms with Crippen molar-refractivity contribution in [3.8, 4) is 5.75 Å². The highest BCUT2D eigenvalue weighted by atomic mass is 19.1. The number of carbonyl (C=O) groups is 2. The van der Waals surface area contributed by atoms with Gasteiger partial charge in [0.1, 0.15) is 17.8 Å². The molecule has 1 aliphatic carbocycles. The largest absolute Gasteiger partial charge is 0.484 e. The third-order valence-electron chi connectivity index (χ3n) is 6.46. The number of hydrogen-bond donors (Lipinski definition) is 1. The van der Waals surface area contributed by atoms with Crippen LogP contribution in [0.1, 0.15) is 52.0 Å². The van der Waals surface area contributed by atoms with Crippen LogP contribution in [0, 0.1) is 11.7 Å². The number of nitrogens with one attached hydrogen (secondary N) is 1. The van der Waals surface area contributed by atoms with Gasteiger partial charge in [0.15, 0.2) is 12.3 Å². The summed E-state index contributed by atoms with van der Waals surface area (Å²) in [6.45, 7) is 1.39. The van der Waals surface area contributed by atoms with E-state index in [1.54, 1.807) is 13.2 Å². The molecule has 3 aromatic rings. The Morgan fingerprint density at radius 1 is 1.22 bits per heavy atom. The molecule has 1 atom stereocenters. The van der Waals surface area contributed by atoms with E-state index < -0.39 is 0 Å². The maximum atomic E-state index is 14.2. The molecule has 1 N–H and O–H groups in total. The lowest BCUT2D eigenvalue weighted by molar-refractivity contribution is -0.134. The molecule has 8 nitrogen and oxygen atoms in total. The third kappa shape index (κ3) is 5.26. The second-order valence-electron chi connectivity index (χ2n) is 9.04. The SMILES string of the molecule is COCCNC(=O)c1coc(COc2ccc3c(c2)[C@H](c2cccc(F)c2)N(C(=O)C2CC2)CC3)n1. The van der Waals surface area contributed by atoms with Gasteiger partial charge in [-0.05, 0) is 60.2 Å². The average Bonchev–Trinajstić information content (AvgIpc) is 3.63. The van der Waals surface area contributed by atoms with E-state index in [-0.39, 0.29) is 47.8 Å². The number of aromatic nitrogens is 1. The van der Waals surface area contributed by atoms with Crippen molar-refractivity contribution in [1.82, 2.24) is 15.2 Å². The second-order valence-corrected chi connectivity index (χ2v) is 9.04. The fourth-order valence-electron chi connectivity index (χ4n) is 4.51. The topological polar surface area (TPSA) is 93.9 Å². The lowest BCUT2D eigenvalue weighted by Gasteiger charge is -2.38. The van der Waals surface area contributed by atoms with Crippen LogP contribution in [0.4, 0.5) is 4.39 Å². The molecule has 1 aliphatic heterocycles. The highest BCUT2D eigenvalue weighted by molar-refractivity contribution is 5.91. The summed E-state index contributed by atoms with van der Waals surface area (Å²) in [4.78, 5) is 31.3. The summed E-state index contributed by atoms with van der Waals surface area (Å²) in [6.07, 6.45) is 3.82. The summed E-state index contributed by atoms with van der Waals surface area (Å²) in [6, 6.07) is 11.8. The number of benzene rings is 2. The van der Waals surface area contributed by atoms with Crippen molar-refractivity contribution in [3.05, 3.63) is 82.8 Å². The Labute approximate surface area is 208 Å². The van der Waals surface area contributed by atoms with Gasteiger partial charge in [-0.2, -0.15) is 0 Å². The Balaban J connectivity index is 1.35. The fourth-order valence-corrected chi connectivity index (χ4v) is 4.51. The monoisotopic (exact) mass is 493 g/mol. The molecule has 188 valence electrons. The van der Waals surface area contributed by atoms with Crippen LogP contribution >= 0.6 is 0 Å². The van der Waals surface area contributed by atoms with Crippen LogP contribution in [-0.4, -0.2) is 48.5 Å². The minimum absolute atomic E-state index is 0.0273. The molecule has 2 heterocycles. The molecule has 1 saturated carbocycles. The Kier molecular flexibility index (Phi) is 6.99. The van der Waals surface area contributed by atoms with Crippen molar-refractivity contribution in [3.63, 3.8) is 0 Å². The molecule has 2 amide bonds. The molecule has 2 aromatic carbocycles. The lowest BCUT2D eigenvalue weighted by Crippen LogP contribution is -2.41. The first-order chi connectivity index (χ1) is 17.5. The zero-order valence-corrected chi connectivity index (χ0v) is 20.0. The normalized spacial score (nSPS) is 16.9. The standard InChI is InChI=1S/C27H28FN3O5/c1-34-12-10-29-26(32)23-15-36-24(30-23)16-35-21-8-7-17-9-11-31(27(33)18-5-6-18)25(22(17)14-21)19-3-2-4-20(28)13-19/h2-4,7-8,13-15,18,25H,5-6,9-12,16H2,1H3,(H,29,32)/t25-/m0/s1. The third-order valence-corrected chi connectivity index (χ3v) is 6.46. The fraction of sp³-hybridized carbons (Fsp3) is 0.370. The first-order valence-electron chi connectivity index (χ1n) is 12.1. The molecule has 5 rings (SSSR count). The number of rotatable bonds is 9. The molecular weight excluding hydrogens is 465 g/mol. The van der Waals surface area contributed by atoms with Gasteiger partial charge in [-0.3, -0.25) is 9.59 Å². The van der Waals surface area contributed by atoms with E-state index in [1.807, 2.05) is 29.2 Å². The number of halogens is 1. The van der Waals surface area contributed by atoms with Gasteiger partial charge in [-0.1, -0.05) is 18.2 Å². The molecule has 0 saturated heterocycles. The first-order valence-corrected chi connectivity index (χ1v) is 12.1. The molecule has 9 heteroatoms. The minimum atomic E-state index is -0.384. The number of hydrogen-bond acceptors (Lipinski definition) is 6. The molecule has 0 bridgehead atoms. The van der Waals surface area contributed by atoms with Crippen molar-refractivity contribution in [2.24, 2.45) is 5.92 Å². The van der Waals surface area contributed by atoms with Gasteiger partial charge in [-0.25, -0.2) is 9.37 Å². The van der Waals surface area contributed by atoms with Gasteiger partial charge in [-0.15, -0.1) is 0 Å². The number of amides is 2. The molecule has 0 radical (unpaired) electrons. The van der Waals surface area contributed by atoms with E-state index in [2.05, 4.69) is 10.3 Å². The van der Waals surface area contributed by atoms with Crippen LogP contribution in [0.25, 0.3) is 0 Å². The van der Waals surface area contributed by atoms with E-state index in [1.165, 1.54) is 18.4 Å². The van der Waals surface area contributed by atoms with Gasteiger partial charge < -0.3 is 24.1 Å². The van der Waals surface area contributed by atoms with Gasteiger partial charge in [0.2, 0.25) is 11.8 Å². The Hall–Kier alpha value is -3.72. The molecule has 36 heavy (non-hydrogen) atoms. The van der Waals surface area contributed by atoms with E-state index in [4.69, 9.17) is 13.9 Å². The van der Waals surface area contributed by atoms with Gasteiger partial charge in [0.05, 0.1) is 12.6 Å². The van der Waals surface area contributed by atoms with E-state index in [0.717, 1.165) is 36.0 Å². The first kappa shape index (κ1) is 24.0. The summed E-state index contributed by atoms with van der Waals surface area (Å²) in [5.74, 6) is 0.327. The summed E-state index contributed by atoms with van der Waals surface area (Å²) in [5, 5.41) is 2.68. The van der Waals surface area contributed by atoms with Gasteiger partial charge >= 0.3 is 0 Å². The number of oxazole rings is 1. The Morgan fingerprint density at radius 2 is 2.08 bits per heavy atom. The molecule has 0 unspecified atom stereocenters. The Morgan fingerprint density at radius 3 is 2.86 bits per heavy atom. The van der Waals surface area contributed by atoms with Crippen LogP contribution in [0.5, 0.6) is 5.75 Å². The number of ether oxygens (including phenoxy) is 2. The smallest absolute Gasteiger partial charge is 0.273 e. The minimum Gasteiger partial charge on any atom is -0.484 e. The number of carbonyl (C=O) groups excluding carboxylic acids is 2. The zero-order valence-electron chi connectivity index (χ0n) is 20.0. The quantitative estimate of drug-likeness (QED) is 0.458. The average molecular weight is 494 g/mol. The van der Waals surface area contributed by atoms with Crippen LogP contribution < -0.4 is 10.1 Å². The predicted octanol–water partition coefficient (Wildman–Crippen LogP) is 3.65. The van der Waals surface area contributed by atoms with Crippen molar-refractivity contribution in [2.75, 3.05) is 26.8 Å². The zero-order chi connectivity index (χ0) is 25.1. The van der Waals surface area contributed by atoms with Crippen molar-refractivity contribution in [1.29, 1.82) is 0 Å². The summed E-state index contributed by atoms with van der Waals surface area (Å²) >= 11 is 0. The van der Waals surface area contributed by atoms with E-state index >= 15 is 0 Å². The van der Waals surface area contributed by atoms with E-state index in [0.29, 0.717) is 25.4 Å². The molecule has 0 spiro atoms. The predicted molar refractivity (Wildman–Crippen MR) is 128 cm³/mol. The van der Waals surface area contributed by atoms with Crippen LogP contribution in [0.3, 0.4) is 0 Å². The number of methoxy groups -OCH3 is 1. The summed E-state index contributed by atoms with van der Waals surface area (Å²) in [7, 11) is 1.56.